The van der Waals surface area contributed by atoms with Crippen LogP contribution >= 0.6 is 0 Å². The normalized spacial score (nSPS) is 29.7. The Morgan fingerprint density at radius 3 is 2.35 bits per heavy atom. The minimum Gasteiger partial charge on any atom is -0.273 e. The van der Waals surface area contributed by atoms with Gasteiger partial charge in [0.2, 0.25) is 0 Å². The first-order valence-electron chi connectivity index (χ1n) is 5.59. The Kier molecular flexibility index (Phi) is 3.21. The lowest BCUT2D eigenvalue weighted by molar-refractivity contribution is -0.124. The second kappa shape index (κ2) is 4.65. The van der Waals surface area contributed by atoms with E-state index in [1.807, 2.05) is 10.6 Å². The van der Waals surface area contributed by atoms with Crippen LogP contribution in [0.15, 0.2) is 11.6 Å². The molecule has 1 aliphatic carbocycles. The number of carbonyl (C=O) groups is 3. The van der Waals surface area contributed by atoms with Gasteiger partial charge in [-0.3, -0.25) is 20.2 Å². The Balaban J connectivity index is 2.12. The molecule has 0 aromatic rings. The SMILES string of the molecule is O=C1NC(=O)C(=CC2CCCC(F)C2)C(=O)N1. The molecule has 5 nitrogen and oxygen atoms in total. The number of hydrogen-bond acceptors (Lipinski definition) is 3. The first-order valence-corrected chi connectivity index (χ1v) is 5.59. The summed E-state index contributed by atoms with van der Waals surface area (Å²) in [5.74, 6) is -1.53. The zero-order chi connectivity index (χ0) is 12.4. The maximum atomic E-state index is 13.2. The summed E-state index contributed by atoms with van der Waals surface area (Å²) in [6.07, 6.45) is 2.98. The Morgan fingerprint density at radius 1 is 1.12 bits per heavy atom. The molecule has 2 N–H and O–H groups in total. The van der Waals surface area contributed by atoms with Gasteiger partial charge in [0.05, 0.1) is 0 Å². The number of barbiturate groups is 1. The number of amides is 4. The van der Waals surface area contributed by atoms with Gasteiger partial charge in [0.25, 0.3) is 11.8 Å². The number of hydrogen-bond donors (Lipinski definition) is 2. The maximum Gasteiger partial charge on any atom is 0.328 e. The summed E-state index contributed by atoms with van der Waals surface area (Å²) < 4.78 is 13.2. The van der Waals surface area contributed by atoms with Crippen LogP contribution < -0.4 is 10.6 Å². The summed E-state index contributed by atoms with van der Waals surface area (Å²) in [4.78, 5) is 33.7. The van der Waals surface area contributed by atoms with Crippen LogP contribution in [0.5, 0.6) is 0 Å². The quantitative estimate of drug-likeness (QED) is 0.526. The molecule has 0 radical (unpaired) electrons. The monoisotopic (exact) mass is 240 g/mol. The van der Waals surface area contributed by atoms with Crippen LogP contribution in [0.3, 0.4) is 0 Å². The average Bonchev–Trinajstić information content (AvgIpc) is 2.23. The second-order valence-electron chi connectivity index (χ2n) is 4.34. The van der Waals surface area contributed by atoms with Crippen molar-refractivity contribution >= 4 is 17.8 Å². The third-order valence-electron chi connectivity index (χ3n) is 3.00. The molecule has 0 bridgehead atoms. The Bertz CT molecular complexity index is 384. The minimum absolute atomic E-state index is 0.0938. The fourth-order valence-corrected chi connectivity index (χ4v) is 2.18. The van der Waals surface area contributed by atoms with Gasteiger partial charge in [0, 0.05) is 0 Å². The molecule has 1 heterocycles. The van der Waals surface area contributed by atoms with Gasteiger partial charge in [0.1, 0.15) is 11.7 Å². The molecule has 4 amide bonds. The second-order valence-corrected chi connectivity index (χ2v) is 4.34. The van der Waals surface area contributed by atoms with E-state index < -0.39 is 24.0 Å². The highest BCUT2D eigenvalue weighted by Gasteiger charge is 2.29. The van der Waals surface area contributed by atoms with E-state index in [2.05, 4.69) is 0 Å². The van der Waals surface area contributed by atoms with Crippen molar-refractivity contribution in [2.45, 2.75) is 31.9 Å². The van der Waals surface area contributed by atoms with E-state index in [-0.39, 0.29) is 11.5 Å². The fraction of sp³-hybridized carbons (Fsp3) is 0.545. The Hall–Kier alpha value is -1.72. The minimum atomic E-state index is -0.873. The lowest BCUT2D eigenvalue weighted by Crippen LogP contribution is -2.51. The number of urea groups is 1. The van der Waals surface area contributed by atoms with E-state index in [1.165, 1.54) is 6.08 Å². The molecule has 6 heteroatoms. The van der Waals surface area contributed by atoms with Crippen molar-refractivity contribution in [3.8, 4) is 0 Å². The first kappa shape index (κ1) is 11.8. The number of imide groups is 2. The molecule has 2 unspecified atom stereocenters. The van der Waals surface area contributed by atoms with Crippen LogP contribution in [-0.2, 0) is 9.59 Å². The molecule has 0 aromatic carbocycles. The van der Waals surface area contributed by atoms with Gasteiger partial charge in [-0.15, -0.1) is 0 Å². The van der Waals surface area contributed by atoms with Gasteiger partial charge in [-0.1, -0.05) is 6.08 Å². The molecule has 0 aromatic heterocycles. The van der Waals surface area contributed by atoms with Gasteiger partial charge in [-0.2, -0.15) is 0 Å². The van der Waals surface area contributed by atoms with E-state index in [4.69, 9.17) is 0 Å². The summed E-state index contributed by atoms with van der Waals surface area (Å²) in [5, 5.41) is 3.98. The van der Waals surface area contributed by atoms with Crippen LogP contribution in [0.4, 0.5) is 9.18 Å². The van der Waals surface area contributed by atoms with Gasteiger partial charge in [-0.25, -0.2) is 9.18 Å². The Labute approximate surface area is 97.4 Å². The zero-order valence-corrected chi connectivity index (χ0v) is 9.16. The molecule has 0 spiro atoms. The van der Waals surface area contributed by atoms with Gasteiger partial charge in [0.15, 0.2) is 0 Å². The van der Waals surface area contributed by atoms with Gasteiger partial charge < -0.3 is 0 Å². The van der Waals surface area contributed by atoms with E-state index in [0.29, 0.717) is 12.8 Å². The standard InChI is InChI=1S/C11H13FN2O3/c12-7-3-1-2-6(4-7)5-8-9(15)13-11(17)14-10(8)16/h5-7H,1-4H2,(H2,13,14,15,16,17). The highest BCUT2D eigenvalue weighted by Crippen LogP contribution is 2.28. The first-order chi connectivity index (χ1) is 8.06. The van der Waals surface area contributed by atoms with Crippen molar-refractivity contribution in [3.63, 3.8) is 0 Å². The molecule has 2 aliphatic rings. The third-order valence-corrected chi connectivity index (χ3v) is 3.00. The molecule has 2 fully saturated rings. The van der Waals surface area contributed by atoms with Crippen molar-refractivity contribution in [2.75, 3.05) is 0 Å². The summed E-state index contributed by atoms with van der Waals surface area (Å²) in [6.45, 7) is 0. The van der Waals surface area contributed by atoms with E-state index in [0.717, 1.165) is 12.8 Å². The predicted octanol–water partition coefficient (Wildman–Crippen LogP) is 0.807. The predicted molar refractivity (Wildman–Crippen MR) is 56.6 cm³/mol. The number of alkyl halides is 1. The van der Waals surface area contributed by atoms with Crippen LogP contribution in [0.2, 0.25) is 0 Å². The molecular formula is C11H13FN2O3. The highest BCUT2D eigenvalue weighted by atomic mass is 19.1. The molecule has 1 aliphatic heterocycles. The Morgan fingerprint density at radius 2 is 1.76 bits per heavy atom. The average molecular weight is 240 g/mol. The summed E-state index contributed by atoms with van der Waals surface area (Å²) in [5.41, 5.74) is -0.0938. The van der Waals surface area contributed by atoms with Gasteiger partial charge >= 0.3 is 6.03 Å². The van der Waals surface area contributed by atoms with Crippen LogP contribution in [0, 0.1) is 5.92 Å². The number of allylic oxidation sites excluding steroid dienone is 1. The number of halogens is 1. The lowest BCUT2D eigenvalue weighted by atomic mass is 9.86. The van der Waals surface area contributed by atoms with Crippen molar-refractivity contribution in [2.24, 2.45) is 5.92 Å². The largest absolute Gasteiger partial charge is 0.328 e. The molecule has 2 atom stereocenters. The molecule has 2 rings (SSSR count). The molecular weight excluding hydrogens is 227 g/mol. The third kappa shape index (κ3) is 2.69. The van der Waals surface area contributed by atoms with Crippen LogP contribution in [-0.4, -0.2) is 24.0 Å². The smallest absolute Gasteiger partial charge is 0.273 e. The fourth-order valence-electron chi connectivity index (χ4n) is 2.18. The lowest BCUT2D eigenvalue weighted by Gasteiger charge is -2.23. The van der Waals surface area contributed by atoms with Gasteiger partial charge in [-0.05, 0) is 31.6 Å². The molecule has 17 heavy (non-hydrogen) atoms. The van der Waals surface area contributed by atoms with E-state index >= 15 is 0 Å². The van der Waals surface area contributed by atoms with Crippen molar-refractivity contribution < 1.29 is 18.8 Å². The van der Waals surface area contributed by atoms with Crippen LogP contribution in [0.1, 0.15) is 25.7 Å². The van der Waals surface area contributed by atoms with Crippen molar-refractivity contribution in [1.82, 2.24) is 10.6 Å². The number of rotatable bonds is 1. The molecule has 92 valence electrons. The van der Waals surface area contributed by atoms with Crippen molar-refractivity contribution in [1.29, 1.82) is 0 Å². The van der Waals surface area contributed by atoms with E-state index in [1.54, 1.807) is 0 Å². The highest BCUT2D eigenvalue weighted by molar-refractivity contribution is 6.28. The molecule has 1 saturated heterocycles. The number of nitrogens with one attached hydrogen (secondary N) is 2. The summed E-state index contributed by atoms with van der Waals surface area (Å²) >= 11 is 0. The topological polar surface area (TPSA) is 75.3 Å². The van der Waals surface area contributed by atoms with Crippen LogP contribution in [0.25, 0.3) is 0 Å². The summed E-state index contributed by atoms with van der Waals surface area (Å²) in [7, 11) is 0. The van der Waals surface area contributed by atoms with Crippen molar-refractivity contribution in [3.05, 3.63) is 11.6 Å². The zero-order valence-electron chi connectivity index (χ0n) is 9.16. The van der Waals surface area contributed by atoms with E-state index in [9.17, 15) is 18.8 Å². The maximum absolute atomic E-state index is 13.2. The molecule has 1 saturated carbocycles. The summed E-state index contributed by atoms with van der Waals surface area (Å²) in [6, 6.07) is -0.816. The number of carbonyl (C=O) groups excluding carboxylic acids is 3.